The summed E-state index contributed by atoms with van der Waals surface area (Å²) in [5.74, 6) is -0.535. The predicted molar refractivity (Wildman–Crippen MR) is 61.5 cm³/mol. The molecule has 0 saturated carbocycles. The predicted octanol–water partition coefficient (Wildman–Crippen LogP) is 2.41. The van der Waals surface area contributed by atoms with Gasteiger partial charge in [-0.15, -0.1) is 0 Å². The van der Waals surface area contributed by atoms with Gasteiger partial charge in [-0.3, -0.25) is 5.32 Å². The fourth-order valence-corrected chi connectivity index (χ4v) is 1.43. The van der Waals surface area contributed by atoms with Crippen LogP contribution in [0.1, 0.15) is 10.4 Å². The maximum atomic E-state index is 11.4. The van der Waals surface area contributed by atoms with Crippen LogP contribution in [-0.4, -0.2) is 26.3 Å². The first kappa shape index (κ1) is 12.5. The summed E-state index contributed by atoms with van der Waals surface area (Å²) in [6.45, 7) is 0. The summed E-state index contributed by atoms with van der Waals surface area (Å²) in [5, 5.41) is 2.42. The van der Waals surface area contributed by atoms with Crippen molar-refractivity contribution in [2.75, 3.05) is 19.5 Å². The molecule has 16 heavy (non-hydrogen) atoms. The summed E-state index contributed by atoms with van der Waals surface area (Å²) in [7, 11) is 2.51. The number of carbonyl (C=O) groups excluding carboxylic acids is 2. The van der Waals surface area contributed by atoms with Crippen LogP contribution in [0.5, 0.6) is 0 Å². The minimum atomic E-state index is -0.646. The molecule has 0 bridgehead atoms. The fourth-order valence-electron chi connectivity index (χ4n) is 1.07. The van der Waals surface area contributed by atoms with E-state index in [4.69, 9.17) is 0 Å². The van der Waals surface area contributed by atoms with E-state index < -0.39 is 12.1 Å². The Morgan fingerprint density at radius 1 is 1.25 bits per heavy atom. The number of hydrogen-bond donors (Lipinski definition) is 1. The van der Waals surface area contributed by atoms with Gasteiger partial charge in [-0.1, -0.05) is 15.9 Å². The van der Waals surface area contributed by atoms with Crippen LogP contribution < -0.4 is 5.32 Å². The Bertz CT molecular complexity index is 419. The Morgan fingerprint density at radius 3 is 2.50 bits per heavy atom. The molecule has 0 fully saturated rings. The summed E-state index contributed by atoms with van der Waals surface area (Å²) in [5.41, 5.74) is 0.587. The minimum Gasteiger partial charge on any atom is -0.465 e. The molecule has 0 aliphatic carbocycles. The molecule has 1 amide bonds. The van der Waals surface area contributed by atoms with Gasteiger partial charge in [-0.05, 0) is 18.2 Å². The molecular formula is C10H10BrNO4. The molecule has 0 atom stereocenters. The van der Waals surface area contributed by atoms with E-state index in [9.17, 15) is 9.59 Å². The van der Waals surface area contributed by atoms with Gasteiger partial charge in [0, 0.05) is 4.47 Å². The Hall–Kier alpha value is -1.56. The third kappa shape index (κ3) is 2.96. The normalized spacial score (nSPS) is 9.44. The van der Waals surface area contributed by atoms with Gasteiger partial charge in [-0.25, -0.2) is 9.59 Å². The third-order valence-corrected chi connectivity index (χ3v) is 2.30. The molecule has 5 nitrogen and oxygen atoms in total. The maximum Gasteiger partial charge on any atom is 0.411 e. The minimum absolute atomic E-state index is 0.252. The quantitative estimate of drug-likeness (QED) is 0.849. The van der Waals surface area contributed by atoms with E-state index in [1.165, 1.54) is 14.2 Å². The van der Waals surface area contributed by atoms with Crippen molar-refractivity contribution >= 4 is 33.7 Å². The van der Waals surface area contributed by atoms with Gasteiger partial charge < -0.3 is 9.47 Å². The fraction of sp³-hybridized carbons (Fsp3) is 0.200. The van der Waals surface area contributed by atoms with E-state index >= 15 is 0 Å². The number of methoxy groups -OCH3 is 2. The second-order valence-corrected chi connectivity index (χ2v) is 3.71. The second kappa shape index (κ2) is 5.50. The Labute approximate surface area is 101 Å². The lowest BCUT2D eigenvalue weighted by Gasteiger charge is -2.09. The lowest BCUT2D eigenvalue weighted by atomic mass is 10.2. The van der Waals surface area contributed by atoms with E-state index in [1.807, 2.05) is 0 Å². The number of ether oxygens (including phenoxy) is 2. The molecule has 0 unspecified atom stereocenters. The van der Waals surface area contributed by atoms with E-state index in [1.54, 1.807) is 18.2 Å². The molecule has 6 heteroatoms. The Balaban J connectivity index is 3.07. The van der Waals surface area contributed by atoms with Crippen molar-refractivity contribution < 1.29 is 19.1 Å². The second-order valence-electron chi connectivity index (χ2n) is 2.80. The molecule has 0 heterocycles. The van der Waals surface area contributed by atoms with Crippen LogP contribution in [0.4, 0.5) is 10.5 Å². The highest BCUT2D eigenvalue weighted by molar-refractivity contribution is 9.10. The summed E-state index contributed by atoms with van der Waals surface area (Å²) in [4.78, 5) is 22.5. The highest BCUT2D eigenvalue weighted by atomic mass is 79.9. The number of carbonyl (C=O) groups is 2. The lowest BCUT2D eigenvalue weighted by molar-refractivity contribution is 0.0602. The van der Waals surface area contributed by atoms with Crippen LogP contribution in [0.25, 0.3) is 0 Å². The van der Waals surface area contributed by atoms with Crippen molar-refractivity contribution in [2.45, 2.75) is 0 Å². The Kier molecular flexibility index (Phi) is 4.30. The standard InChI is InChI=1S/C10H10BrNO4/c1-15-9(13)7-5-6(11)3-4-8(7)12-10(14)16-2/h3-5H,1-2H3,(H,12,14). The molecule has 1 aromatic carbocycles. The van der Waals surface area contributed by atoms with Gasteiger partial charge in [-0.2, -0.15) is 0 Å². The third-order valence-electron chi connectivity index (χ3n) is 1.81. The number of benzene rings is 1. The molecule has 86 valence electrons. The van der Waals surface area contributed by atoms with E-state index in [2.05, 4.69) is 30.7 Å². The molecule has 0 aromatic heterocycles. The first-order valence-corrected chi connectivity index (χ1v) is 5.10. The lowest BCUT2D eigenvalue weighted by Crippen LogP contribution is -2.14. The number of halogens is 1. The van der Waals surface area contributed by atoms with Gasteiger partial charge in [0.2, 0.25) is 0 Å². The number of nitrogens with one attached hydrogen (secondary N) is 1. The summed E-state index contributed by atoms with van der Waals surface area (Å²) < 4.78 is 9.75. The molecule has 0 aliphatic heterocycles. The van der Waals surface area contributed by atoms with Gasteiger partial charge in [0.05, 0.1) is 25.5 Å². The average Bonchev–Trinajstić information content (AvgIpc) is 2.30. The molecule has 0 spiro atoms. The van der Waals surface area contributed by atoms with Crippen molar-refractivity contribution in [1.82, 2.24) is 0 Å². The molecule has 1 aromatic rings. The van der Waals surface area contributed by atoms with E-state index in [0.717, 1.165) is 0 Å². The molecule has 1 rings (SSSR count). The van der Waals surface area contributed by atoms with Crippen molar-refractivity contribution in [3.05, 3.63) is 28.2 Å². The number of esters is 1. The molecular weight excluding hydrogens is 278 g/mol. The first-order chi connectivity index (χ1) is 7.58. The maximum absolute atomic E-state index is 11.4. The smallest absolute Gasteiger partial charge is 0.411 e. The van der Waals surface area contributed by atoms with Gasteiger partial charge in [0.15, 0.2) is 0 Å². The number of anilines is 1. The number of amides is 1. The summed E-state index contributed by atoms with van der Waals surface area (Å²) >= 11 is 3.23. The summed E-state index contributed by atoms with van der Waals surface area (Å²) in [6.07, 6.45) is -0.646. The van der Waals surface area contributed by atoms with Crippen LogP contribution in [0.15, 0.2) is 22.7 Å². The number of rotatable bonds is 2. The zero-order chi connectivity index (χ0) is 12.1. The van der Waals surface area contributed by atoms with Crippen LogP contribution in [-0.2, 0) is 9.47 Å². The van der Waals surface area contributed by atoms with Crippen LogP contribution >= 0.6 is 15.9 Å². The van der Waals surface area contributed by atoms with Crippen LogP contribution in [0, 0.1) is 0 Å². The molecule has 0 aliphatic rings. The van der Waals surface area contributed by atoms with Crippen molar-refractivity contribution in [1.29, 1.82) is 0 Å². The van der Waals surface area contributed by atoms with Gasteiger partial charge in [0.25, 0.3) is 0 Å². The largest absolute Gasteiger partial charge is 0.465 e. The van der Waals surface area contributed by atoms with Crippen LogP contribution in [0.2, 0.25) is 0 Å². The first-order valence-electron chi connectivity index (χ1n) is 4.31. The topological polar surface area (TPSA) is 64.6 Å². The molecule has 0 radical (unpaired) electrons. The number of hydrogen-bond acceptors (Lipinski definition) is 4. The SMILES string of the molecule is COC(=O)Nc1ccc(Br)cc1C(=O)OC. The summed E-state index contributed by atoms with van der Waals surface area (Å²) in [6, 6.07) is 4.82. The van der Waals surface area contributed by atoms with Crippen molar-refractivity contribution in [3.63, 3.8) is 0 Å². The zero-order valence-electron chi connectivity index (χ0n) is 8.74. The van der Waals surface area contributed by atoms with E-state index in [-0.39, 0.29) is 5.56 Å². The molecule has 1 N–H and O–H groups in total. The highest BCUT2D eigenvalue weighted by Crippen LogP contribution is 2.21. The zero-order valence-corrected chi connectivity index (χ0v) is 10.3. The van der Waals surface area contributed by atoms with Gasteiger partial charge in [0.1, 0.15) is 0 Å². The monoisotopic (exact) mass is 287 g/mol. The molecule has 0 saturated heterocycles. The average molecular weight is 288 g/mol. The van der Waals surface area contributed by atoms with Crippen LogP contribution in [0.3, 0.4) is 0 Å². The Morgan fingerprint density at radius 2 is 1.94 bits per heavy atom. The van der Waals surface area contributed by atoms with Crippen molar-refractivity contribution in [2.24, 2.45) is 0 Å². The van der Waals surface area contributed by atoms with Gasteiger partial charge >= 0.3 is 12.1 Å². The highest BCUT2D eigenvalue weighted by Gasteiger charge is 2.14. The van der Waals surface area contributed by atoms with E-state index in [0.29, 0.717) is 10.2 Å². The van der Waals surface area contributed by atoms with Crippen molar-refractivity contribution in [3.8, 4) is 0 Å².